The van der Waals surface area contributed by atoms with Gasteiger partial charge in [-0.3, -0.25) is 24.6 Å². The summed E-state index contributed by atoms with van der Waals surface area (Å²) in [6.07, 6.45) is 0. The highest BCUT2D eigenvalue weighted by atomic mass is 32.2. The molecule has 0 aliphatic carbocycles. The molecule has 6 rings (SSSR count). The van der Waals surface area contributed by atoms with Gasteiger partial charge in [-0.15, -0.1) is 11.8 Å². The van der Waals surface area contributed by atoms with E-state index in [1.165, 1.54) is 24.3 Å². The first-order valence-corrected chi connectivity index (χ1v) is 12.4. The number of ketones is 1. The predicted molar refractivity (Wildman–Crippen MR) is 130 cm³/mol. The molecule has 3 aromatic carbocycles. The van der Waals surface area contributed by atoms with Gasteiger partial charge in [0.05, 0.1) is 10.8 Å². The van der Waals surface area contributed by atoms with Crippen molar-refractivity contribution in [2.24, 2.45) is 5.92 Å². The number of Topliss-reactive ketones (excluding diaryl/α,β-unsaturated/α-hetero) is 1. The van der Waals surface area contributed by atoms with Crippen LogP contribution in [0.25, 0.3) is 0 Å². The summed E-state index contributed by atoms with van der Waals surface area (Å²) < 4.78 is 14.5. The maximum atomic E-state index is 14.5. The Kier molecular flexibility index (Phi) is 5.01. The quantitative estimate of drug-likeness (QED) is 0.328. The Morgan fingerprint density at radius 1 is 1.11 bits per heavy atom. The van der Waals surface area contributed by atoms with Gasteiger partial charge in [0.15, 0.2) is 5.78 Å². The van der Waals surface area contributed by atoms with Crippen LogP contribution in [0.15, 0.2) is 72.8 Å². The zero-order chi connectivity index (χ0) is 24.3. The Morgan fingerprint density at radius 2 is 1.86 bits per heavy atom. The third-order valence-electron chi connectivity index (χ3n) is 7.41. The number of carbonyl (C=O) groups is 2. The largest absolute Gasteiger partial charge is 0.324 e. The summed E-state index contributed by atoms with van der Waals surface area (Å²) in [5, 5.41) is 14.1. The van der Waals surface area contributed by atoms with E-state index in [0.29, 0.717) is 28.4 Å². The monoisotopic (exact) mass is 489 g/mol. The normalized spacial score (nSPS) is 27.0. The van der Waals surface area contributed by atoms with Gasteiger partial charge in [-0.05, 0) is 23.8 Å². The predicted octanol–water partition coefficient (Wildman–Crippen LogP) is 4.55. The molecule has 0 bridgehead atoms. The van der Waals surface area contributed by atoms with Crippen molar-refractivity contribution in [1.82, 2.24) is 4.90 Å². The molecular weight excluding hydrogens is 469 g/mol. The van der Waals surface area contributed by atoms with Crippen molar-refractivity contribution in [1.29, 1.82) is 0 Å². The molecule has 0 radical (unpaired) electrons. The molecule has 9 heteroatoms. The van der Waals surface area contributed by atoms with Crippen molar-refractivity contribution in [3.8, 4) is 0 Å². The van der Waals surface area contributed by atoms with E-state index < -0.39 is 28.1 Å². The maximum absolute atomic E-state index is 14.5. The molecule has 3 aliphatic heterocycles. The number of nitrogens with one attached hydrogen (secondary N) is 1. The zero-order valence-corrected chi connectivity index (χ0v) is 19.2. The Bertz CT molecular complexity index is 1370. The number of fused-ring (bicyclic) bond motifs is 4. The number of carbonyl (C=O) groups excluding carboxylic acids is 2. The lowest BCUT2D eigenvalue weighted by molar-refractivity contribution is -0.384. The summed E-state index contributed by atoms with van der Waals surface area (Å²) in [5.41, 5.74) is 0.754. The average molecular weight is 490 g/mol. The number of hydrogen-bond acceptors (Lipinski definition) is 6. The van der Waals surface area contributed by atoms with E-state index in [-0.39, 0.29) is 23.4 Å². The van der Waals surface area contributed by atoms with Crippen LogP contribution in [0, 0.1) is 21.8 Å². The molecule has 4 atom stereocenters. The number of non-ortho nitro benzene ring substituents is 1. The van der Waals surface area contributed by atoms with Gasteiger partial charge in [0, 0.05) is 52.5 Å². The van der Waals surface area contributed by atoms with Gasteiger partial charge >= 0.3 is 0 Å². The van der Waals surface area contributed by atoms with Crippen LogP contribution in [0.5, 0.6) is 0 Å². The van der Waals surface area contributed by atoms with Gasteiger partial charge in [0.1, 0.15) is 11.4 Å². The lowest BCUT2D eigenvalue weighted by atomic mass is 9.69. The zero-order valence-electron chi connectivity index (χ0n) is 18.4. The summed E-state index contributed by atoms with van der Waals surface area (Å²) in [7, 11) is 0. The second-order valence-electron chi connectivity index (χ2n) is 9.03. The summed E-state index contributed by atoms with van der Waals surface area (Å²) in [6.45, 7) is 0. The molecule has 2 saturated heterocycles. The molecule has 3 aromatic rings. The third-order valence-corrected chi connectivity index (χ3v) is 8.45. The number of thioether (sulfide) groups is 1. The van der Waals surface area contributed by atoms with Crippen molar-refractivity contribution in [2.45, 2.75) is 17.5 Å². The fourth-order valence-corrected chi connectivity index (χ4v) is 7.35. The SMILES string of the molecule is O=C(c1ccccc1)[C@@H]1[C@H](c2ccc([N+](=O)[O-])cc2)[C@H]2CSCN2[C@]12C(=O)Nc1ccc(F)cc12. The van der Waals surface area contributed by atoms with Gasteiger partial charge < -0.3 is 5.32 Å². The van der Waals surface area contributed by atoms with Crippen molar-refractivity contribution in [3.63, 3.8) is 0 Å². The van der Waals surface area contributed by atoms with Crippen molar-refractivity contribution < 1.29 is 18.9 Å². The number of nitrogens with zero attached hydrogens (tertiary/aromatic N) is 2. The maximum Gasteiger partial charge on any atom is 0.269 e. The summed E-state index contributed by atoms with van der Waals surface area (Å²) >= 11 is 1.66. The third kappa shape index (κ3) is 3.08. The Labute approximate surface area is 204 Å². The van der Waals surface area contributed by atoms with E-state index in [1.54, 1.807) is 54.2 Å². The number of anilines is 1. The van der Waals surface area contributed by atoms with Crippen molar-refractivity contribution in [3.05, 3.63) is 105 Å². The molecule has 35 heavy (non-hydrogen) atoms. The van der Waals surface area contributed by atoms with Gasteiger partial charge in [-0.1, -0.05) is 42.5 Å². The van der Waals surface area contributed by atoms with E-state index in [1.807, 2.05) is 11.0 Å². The van der Waals surface area contributed by atoms with Crippen LogP contribution in [-0.4, -0.2) is 39.2 Å². The molecule has 1 N–H and O–H groups in total. The topological polar surface area (TPSA) is 92.5 Å². The van der Waals surface area contributed by atoms with Crippen LogP contribution in [0.2, 0.25) is 0 Å². The summed E-state index contributed by atoms with van der Waals surface area (Å²) in [5.74, 6) is -1.10. The van der Waals surface area contributed by atoms with Crippen LogP contribution >= 0.6 is 11.8 Å². The average Bonchev–Trinajstić information content (AvgIpc) is 3.53. The van der Waals surface area contributed by atoms with Gasteiger partial charge in [0.2, 0.25) is 5.91 Å². The molecule has 1 amide bonds. The summed E-state index contributed by atoms with van der Waals surface area (Å²) in [6, 6.07) is 19.0. The number of amides is 1. The van der Waals surface area contributed by atoms with Crippen LogP contribution < -0.4 is 5.32 Å². The van der Waals surface area contributed by atoms with Crippen LogP contribution in [0.3, 0.4) is 0 Å². The number of halogens is 1. The number of nitro groups is 1. The standard InChI is InChI=1S/C26H20FN3O4S/c27-17-8-11-20-19(12-17)26(25(32)28-20)23(24(31)16-4-2-1-3-5-16)22(21-13-35-14-29(21)26)15-6-9-18(10-7-15)30(33)34/h1-12,21-23H,13-14H2,(H,28,32)/t21-,22-,23+,26+/m1/s1. The number of benzene rings is 3. The smallest absolute Gasteiger partial charge is 0.269 e. The van der Waals surface area contributed by atoms with Gasteiger partial charge in [-0.25, -0.2) is 4.39 Å². The van der Waals surface area contributed by atoms with Crippen molar-refractivity contribution >= 4 is 34.8 Å². The van der Waals surface area contributed by atoms with Crippen molar-refractivity contribution in [2.75, 3.05) is 16.9 Å². The Morgan fingerprint density at radius 3 is 2.57 bits per heavy atom. The molecule has 0 aromatic heterocycles. The second-order valence-corrected chi connectivity index (χ2v) is 10.0. The molecular formula is C26H20FN3O4S. The molecule has 3 aliphatic rings. The number of rotatable bonds is 4. The van der Waals surface area contributed by atoms with E-state index in [2.05, 4.69) is 5.32 Å². The van der Waals surface area contributed by atoms with Crippen LogP contribution in [0.1, 0.15) is 27.4 Å². The first kappa shape index (κ1) is 21.9. The minimum atomic E-state index is -1.38. The van der Waals surface area contributed by atoms with Crippen LogP contribution in [-0.2, 0) is 10.3 Å². The molecule has 1 spiro atoms. The molecule has 176 valence electrons. The molecule has 0 saturated carbocycles. The van der Waals surface area contributed by atoms with E-state index in [0.717, 1.165) is 5.56 Å². The minimum absolute atomic E-state index is 0.0453. The molecule has 7 nitrogen and oxygen atoms in total. The highest BCUT2D eigenvalue weighted by molar-refractivity contribution is 7.99. The van der Waals surface area contributed by atoms with Gasteiger partial charge in [-0.2, -0.15) is 0 Å². The van der Waals surface area contributed by atoms with Crippen LogP contribution in [0.4, 0.5) is 15.8 Å². The second kappa shape index (κ2) is 8.00. The Hall–Kier alpha value is -3.56. The fourth-order valence-electron chi connectivity index (χ4n) is 6.02. The minimum Gasteiger partial charge on any atom is -0.324 e. The van der Waals surface area contributed by atoms with E-state index in [9.17, 15) is 24.1 Å². The number of nitro benzene ring substituents is 1. The Balaban J connectivity index is 1.60. The lowest BCUT2D eigenvalue weighted by Gasteiger charge is -2.36. The fraction of sp³-hybridized carbons (Fsp3) is 0.231. The number of hydrogen-bond donors (Lipinski definition) is 1. The highest BCUT2D eigenvalue weighted by Crippen LogP contribution is 2.61. The highest BCUT2D eigenvalue weighted by Gasteiger charge is 2.69. The molecule has 2 fully saturated rings. The van der Waals surface area contributed by atoms with Gasteiger partial charge in [0.25, 0.3) is 5.69 Å². The first-order chi connectivity index (χ1) is 16.9. The first-order valence-electron chi connectivity index (χ1n) is 11.2. The van der Waals surface area contributed by atoms with E-state index >= 15 is 0 Å². The van der Waals surface area contributed by atoms with E-state index in [4.69, 9.17) is 0 Å². The lowest BCUT2D eigenvalue weighted by Crippen LogP contribution is -2.52. The molecule has 0 unspecified atom stereocenters. The summed E-state index contributed by atoms with van der Waals surface area (Å²) in [4.78, 5) is 40.9. The molecule has 3 heterocycles.